The first-order valence-electron chi connectivity index (χ1n) is 6.01. The summed E-state index contributed by atoms with van der Waals surface area (Å²) in [7, 11) is 0. The third-order valence-electron chi connectivity index (χ3n) is 3.53. The van der Waals surface area contributed by atoms with E-state index in [9.17, 15) is 14.7 Å². The number of nitrogens with zero attached hydrogens (tertiary/aromatic N) is 1. The molecule has 0 radical (unpaired) electrons. The van der Waals surface area contributed by atoms with E-state index in [4.69, 9.17) is 5.11 Å². The van der Waals surface area contributed by atoms with Gasteiger partial charge in [0.15, 0.2) is 0 Å². The Morgan fingerprint density at radius 3 is 2.94 bits per heavy atom. The maximum Gasteiger partial charge on any atom is 0.321 e. The number of β-amino-alcohol motifs (C(OH)–C–C–N with tert-alkyl or cyclic N) is 1. The monoisotopic (exact) mass is 242 g/mol. The number of carboxylic acids is 1. The molecule has 3 N–H and O–H groups in total. The van der Waals surface area contributed by atoms with Gasteiger partial charge in [-0.15, -0.1) is 0 Å². The molecule has 0 bridgehead atoms. The molecular formula is C11H18N2O4. The molecule has 17 heavy (non-hydrogen) atoms. The van der Waals surface area contributed by atoms with E-state index in [1.165, 1.54) is 0 Å². The van der Waals surface area contributed by atoms with Gasteiger partial charge in [-0.25, -0.2) is 0 Å². The van der Waals surface area contributed by atoms with Crippen molar-refractivity contribution in [3.63, 3.8) is 0 Å². The molecule has 0 aromatic heterocycles. The van der Waals surface area contributed by atoms with Gasteiger partial charge < -0.3 is 15.5 Å². The summed E-state index contributed by atoms with van der Waals surface area (Å²) in [5, 5.41) is 21.5. The van der Waals surface area contributed by atoms with Crippen LogP contribution < -0.4 is 5.32 Å². The summed E-state index contributed by atoms with van der Waals surface area (Å²) in [4.78, 5) is 24.4. The van der Waals surface area contributed by atoms with E-state index in [1.54, 1.807) is 4.90 Å². The Morgan fingerprint density at radius 2 is 2.24 bits per heavy atom. The number of nitrogens with one attached hydrogen (secondary N) is 1. The number of carbonyl (C=O) groups is 2. The average Bonchev–Trinajstić information content (AvgIpc) is 2.52. The fourth-order valence-electron chi connectivity index (χ4n) is 2.72. The van der Waals surface area contributed by atoms with Crippen LogP contribution >= 0.6 is 0 Å². The number of carboxylic acid groups (broad SMARTS) is 1. The zero-order valence-corrected chi connectivity index (χ0v) is 9.63. The van der Waals surface area contributed by atoms with Crippen molar-refractivity contribution in [1.82, 2.24) is 10.2 Å². The first-order chi connectivity index (χ1) is 8.08. The maximum absolute atomic E-state index is 11.5. The number of hydrogen-bond acceptors (Lipinski definition) is 4. The molecule has 3 unspecified atom stereocenters. The van der Waals surface area contributed by atoms with Gasteiger partial charge in [-0.2, -0.15) is 0 Å². The largest absolute Gasteiger partial charge is 0.480 e. The van der Waals surface area contributed by atoms with Gasteiger partial charge in [-0.05, 0) is 12.8 Å². The van der Waals surface area contributed by atoms with Crippen molar-refractivity contribution in [1.29, 1.82) is 0 Å². The lowest BCUT2D eigenvalue weighted by molar-refractivity contribution is -0.143. The summed E-state index contributed by atoms with van der Waals surface area (Å²) in [6, 6.07) is -0.711. The van der Waals surface area contributed by atoms with Crippen LogP contribution in [0.3, 0.4) is 0 Å². The summed E-state index contributed by atoms with van der Waals surface area (Å²) < 4.78 is 0. The molecule has 0 aliphatic carbocycles. The summed E-state index contributed by atoms with van der Waals surface area (Å²) >= 11 is 0. The first-order valence-corrected chi connectivity index (χ1v) is 6.01. The SMILES string of the molecule is O=C1CC(N2CC(O)CC2C(=O)O)CCCN1. The lowest BCUT2D eigenvalue weighted by Gasteiger charge is -2.29. The molecule has 1 amide bonds. The predicted octanol–water partition coefficient (Wildman–Crippen LogP) is -0.825. The molecule has 2 saturated heterocycles. The number of aliphatic hydroxyl groups is 1. The summed E-state index contributed by atoms with van der Waals surface area (Å²) in [5.41, 5.74) is 0. The van der Waals surface area contributed by atoms with E-state index < -0.39 is 18.1 Å². The van der Waals surface area contributed by atoms with Crippen LogP contribution in [0.5, 0.6) is 0 Å². The van der Waals surface area contributed by atoms with Gasteiger partial charge >= 0.3 is 5.97 Å². The Labute approximate surface area is 99.6 Å². The lowest BCUT2D eigenvalue weighted by atomic mass is 10.1. The van der Waals surface area contributed by atoms with Crippen LogP contribution in [-0.2, 0) is 9.59 Å². The van der Waals surface area contributed by atoms with E-state index in [1.807, 2.05) is 0 Å². The third kappa shape index (κ3) is 2.76. The second-order valence-electron chi connectivity index (χ2n) is 4.79. The fraction of sp³-hybridized carbons (Fsp3) is 0.818. The highest BCUT2D eigenvalue weighted by Crippen LogP contribution is 2.25. The Balaban J connectivity index is 2.08. The smallest absolute Gasteiger partial charge is 0.321 e. The van der Waals surface area contributed by atoms with Crippen LogP contribution in [0.15, 0.2) is 0 Å². The quantitative estimate of drug-likeness (QED) is 0.588. The number of aliphatic hydroxyl groups excluding tert-OH is 1. The van der Waals surface area contributed by atoms with Gasteiger partial charge in [0.05, 0.1) is 6.10 Å². The Morgan fingerprint density at radius 1 is 1.47 bits per heavy atom. The van der Waals surface area contributed by atoms with Gasteiger partial charge in [0.25, 0.3) is 0 Å². The van der Waals surface area contributed by atoms with E-state index in [0.29, 0.717) is 19.5 Å². The second-order valence-corrected chi connectivity index (χ2v) is 4.79. The van der Waals surface area contributed by atoms with Crippen molar-refractivity contribution < 1.29 is 19.8 Å². The molecule has 0 spiro atoms. The number of carbonyl (C=O) groups excluding carboxylic acids is 1. The highest BCUT2D eigenvalue weighted by Gasteiger charge is 2.40. The van der Waals surface area contributed by atoms with Crippen LogP contribution in [0.4, 0.5) is 0 Å². The molecule has 2 aliphatic heterocycles. The number of likely N-dealkylation sites (tertiary alicyclic amines) is 1. The van der Waals surface area contributed by atoms with Crippen LogP contribution in [0.25, 0.3) is 0 Å². The predicted molar refractivity (Wildman–Crippen MR) is 59.4 cm³/mol. The number of aliphatic carboxylic acids is 1. The summed E-state index contributed by atoms with van der Waals surface area (Å²) in [5.74, 6) is -0.941. The Hall–Kier alpha value is -1.14. The number of rotatable bonds is 2. The molecule has 6 heteroatoms. The van der Waals surface area contributed by atoms with Crippen LogP contribution in [0, 0.1) is 0 Å². The van der Waals surface area contributed by atoms with Gasteiger partial charge in [0, 0.05) is 32.0 Å². The minimum Gasteiger partial charge on any atom is -0.480 e. The highest BCUT2D eigenvalue weighted by molar-refractivity contribution is 5.77. The summed E-state index contributed by atoms with van der Waals surface area (Å²) in [6.07, 6.45) is 1.65. The number of amides is 1. The van der Waals surface area contributed by atoms with E-state index >= 15 is 0 Å². The van der Waals surface area contributed by atoms with Gasteiger partial charge in [0.1, 0.15) is 6.04 Å². The molecule has 2 aliphatic rings. The van der Waals surface area contributed by atoms with Crippen LogP contribution in [-0.4, -0.2) is 58.3 Å². The minimum absolute atomic E-state index is 0.0296. The van der Waals surface area contributed by atoms with Gasteiger partial charge in [0.2, 0.25) is 5.91 Å². The highest BCUT2D eigenvalue weighted by atomic mass is 16.4. The fourth-order valence-corrected chi connectivity index (χ4v) is 2.72. The normalized spacial score (nSPS) is 35.4. The van der Waals surface area contributed by atoms with Crippen LogP contribution in [0.1, 0.15) is 25.7 Å². The van der Waals surface area contributed by atoms with Gasteiger partial charge in [-0.3, -0.25) is 14.5 Å². The van der Waals surface area contributed by atoms with Crippen molar-refractivity contribution in [3.8, 4) is 0 Å². The molecule has 2 heterocycles. The number of hydrogen-bond donors (Lipinski definition) is 3. The van der Waals surface area contributed by atoms with E-state index in [0.717, 1.165) is 12.8 Å². The molecule has 3 atom stereocenters. The molecular weight excluding hydrogens is 224 g/mol. The third-order valence-corrected chi connectivity index (χ3v) is 3.53. The molecule has 96 valence electrons. The second kappa shape index (κ2) is 5.01. The van der Waals surface area contributed by atoms with Crippen molar-refractivity contribution in [2.45, 2.75) is 43.9 Å². The van der Waals surface area contributed by atoms with E-state index in [2.05, 4.69) is 5.32 Å². The van der Waals surface area contributed by atoms with E-state index in [-0.39, 0.29) is 18.4 Å². The van der Waals surface area contributed by atoms with Crippen molar-refractivity contribution in [3.05, 3.63) is 0 Å². The molecule has 2 fully saturated rings. The average molecular weight is 242 g/mol. The molecule has 0 saturated carbocycles. The standard InChI is InChI=1S/C11H18N2O4/c14-8-5-9(11(16)17)13(6-8)7-2-1-3-12-10(15)4-7/h7-9,14H,1-6H2,(H,12,15)(H,16,17). The Kier molecular flexibility index (Phi) is 3.63. The Bertz CT molecular complexity index is 321. The van der Waals surface area contributed by atoms with Crippen molar-refractivity contribution in [2.75, 3.05) is 13.1 Å². The van der Waals surface area contributed by atoms with Crippen LogP contribution in [0.2, 0.25) is 0 Å². The van der Waals surface area contributed by atoms with Crippen molar-refractivity contribution >= 4 is 11.9 Å². The topological polar surface area (TPSA) is 89.9 Å². The zero-order valence-electron chi connectivity index (χ0n) is 9.63. The first kappa shape index (κ1) is 12.3. The molecule has 2 rings (SSSR count). The molecule has 0 aromatic carbocycles. The zero-order chi connectivity index (χ0) is 12.4. The van der Waals surface area contributed by atoms with Gasteiger partial charge in [-0.1, -0.05) is 0 Å². The molecule has 6 nitrogen and oxygen atoms in total. The molecule has 0 aromatic rings. The lowest BCUT2D eigenvalue weighted by Crippen LogP contribution is -2.44. The minimum atomic E-state index is -0.911. The van der Waals surface area contributed by atoms with Crippen molar-refractivity contribution in [2.24, 2.45) is 0 Å². The summed E-state index contributed by atoms with van der Waals surface area (Å²) in [6.45, 7) is 1.01. The maximum atomic E-state index is 11.5.